The van der Waals surface area contributed by atoms with Gasteiger partial charge in [-0.15, -0.1) is 24.8 Å². The zero-order valence-corrected chi connectivity index (χ0v) is 15.5. The van der Waals surface area contributed by atoms with Crippen LogP contribution in [0.15, 0.2) is 40.8 Å². The maximum absolute atomic E-state index is 11.4. The molecule has 0 amide bonds. The number of esters is 1. The molecule has 0 aliphatic carbocycles. The van der Waals surface area contributed by atoms with Gasteiger partial charge in [0.1, 0.15) is 11.5 Å². The van der Waals surface area contributed by atoms with E-state index >= 15 is 0 Å². The molecule has 2 N–H and O–H groups in total. The fraction of sp³-hybridized carbons (Fsp3) is 0.353. The summed E-state index contributed by atoms with van der Waals surface area (Å²) in [4.78, 5) is 11.4. The molecule has 0 aliphatic rings. The Morgan fingerprint density at radius 3 is 2.42 bits per heavy atom. The van der Waals surface area contributed by atoms with Crippen LogP contribution < -0.4 is 10.6 Å². The van der Waals surface area contributed by atoms with E-state index in [2.05, 4.69) is 15.4 Å². The first-order chi connectivity index (χ1) is 10.7. The van der Waals surface area contributed by atoms with Crippen LogP contribution in [-0.4, -0.2) is 33.2 Å². The predicted molar refractivity (Wildman–Crippen MR) is 100 cm³/mol. The lowest BCUT2D eigenvalue weighted by Gasteiger charge is -2.03. The van der Waals surface area contributed by atoms with E-state index in [4.69, 9.17) is 4.42 Å². The second kappa shape index (κ2) is 11.9. The number of carbonyl (C=O) groups is 1. The quantitative estimate of drug-likeness (QED) is 0.548. The van der Waals surface area contributed by atoms with Gasteiger partial charge in [0.25, 0.3) is 0 Å². The summed E-state index contributed by atoms with van der Waals surface area (Å²) in [6.45, 7) is 2.66. The Balaban J connectivity index is 0.00000264. The van der Waals surface area contributed by atoms with Crippen LogP contribution in [0.1, 0.15) is 22.5 Å². The van der Waals surface area contributed by atoms with Gasteiger partial charge in [-0.3, -0.25) is 0 Å². The zero-order chi connectivity index (χ0) is 15.8. The Morgan fingerprint density at radius 2 is 1.79 bits per heavy atom. The van der Waals surface area contributed by atoms with Crippen LogP contribution in [0.2, 0.25) is 0 Å². The third-order valence-corrected chi connectivity index (χ3v) is 3.33. The molecule has 0 unspecified atom stereocenters. The molecule has 1 aromatic carbocycles. The molecule has 1 heterocycles. The van der Waals surface area contributed by atoms with Crippen molar-refractivity contribution in [3.05, 3.63) is 47.7 Å². The van der Waals surface area contributed by atoms with Gasteiger partial charge in [0.2, 0.25) is 0 Å². The first-order valence-electron chi connectivity index (χ1n) is 7.37. The molecule has 0 saturated heterocycles. The zero-order valence-electron chi connectivity index (χ0n) is 13.8. The summed E-state index contributed by atoms with van der Waals surface area (Å²) in [5, 5.41) is 6.45. The summed E-state index contributed by atoms with van der Waals surface area (Å²) in [5.74, 6) is 1.36. The number of benzene rings is 1. The van der Waals surface area contributed by atoms with Crippen LogP contribution in [0.25, 0.3) is 11.3 Å². The molecule has 2 rings (SSSR count). The summed E-state index contributed by atoms with van der Waals surface area (Å²) < 4.78 is 10.5. The topological polar surface area (TPSA) is 63.5 Å². The van der Waals surface area contributed by atoms with E-state index in [0.29, 0.717) is 12.1 Å². The Bertz CT molecular complexity index is 600. The monoisotopic (exact) mass is 374 g/mol. The van der Waals surface area contributed by atoms with Crippen LogP contribution in [0, 0.1) is 0 Å². The molecule has 5 nitrogen and oxygen atoms in total. The second-order valence-corrected chi connectivity index (χ2v) is 4.97. The van der Waals surface area contributed by atoms with E-state index in [1.807, 2.05) is 31.3 Å². The maximum atomic E-state index is 11.4. The highest BCUT2D eigenvalue weighted by atomic mass is 35.5. The van der Waals surface area contributed by atoms with Gasteiger partial charge in [0, 0.05) is 5.56 Å². The number of carbonyl (C=O) groups excluding carboxylic acids is 1. The van der Waals surface area contributed by atoms with Gasteiger partial charge in [0.05, 0.1) is 19.2 Å². The van der Waals surface area contributed by atoms with Crippen LogP contribution in [0.3, 0.4) is 0 Å². The Hall–Kier alpha value is -1.53. The molecule has 0 radical (unpaired) electrons. The molecule has 0 saturated carbocycles. The lowest BCUT2D eigenvalue weighted by molar-refractivity contribution is 0.0600. The Morgan fingerprint density at radius 1 is 1.08 bits per heavy atom. The SMILES string of the molecule is CNCCCNCc1ccc(-c2ccc(C(=O)OC)cc2)o1.Cl.Cl. The van der Waals surface area contributed by atoms with Crippen molar-refractivity contribution in [2.75, 3.05) is 27.2 Å². The number of hydrogen-bond acceptors (Lipinski definition) is 5. The summed E-state index contributed by atoms with van der Waals surface area (Å²) in [5.41, 5.74) is 1.47. The predicted octanol–water partition coefficient (Wildman–Crippen LogP) is 3.28. The van der Waals surface area contributed by atoms with E-state index in [1.54, 1.807) is 12.1 Å². The number of halogens is 2. The van der Waals surface area contributed by atoms with Crippen molar-refractivity contribution in [3.8, 4) is 11.3 Å². The highest BCUT2D eigenvalue weighted by Crippen LogP contribution is 2.22. The number of ether oxygens (including phenoxy) is 1. The molecule has 7 heteroatoms. The highest BCUT2D eigenvalue weighted by Gasteiger charge is 2.08. The van der Waals surface area contributed by atoms with E-state index in [0.717, 1.165) is 36.6 Å². The minimum absolute atomic E-state index is 0. The van der Waals surface area contributed by atoms with Crippen molar-refractivity contribution in [3.63, 3.8) is 0 Å². The molecular formula is C17H24Cl2N2O3. The van der Waals surface area contributed by atoms with E-state index < -0.39 is 0 Å². The average molecular weight is 375 g/mol. The van der Waals surface area contributed by atoms with Crippen molar-refractivity contribution in [1.29, 1.82) is 0 Å². The van der Waals surface area contributed by atoms with Crippen molar-refractivity contribution in [2.45, 2.75) is 13.0 Å². The van der Waals surface area contributed by atoms with Gasteiger partial charge in [0.15, 0.2) is 0 Å². The van der Waals surface area contributed by atoms with Crippen molar-refractivity contribution < 1.29 is 13.9 Å². The molecule has 0 aliphatic heterocycles. The van der Waals surface area contributed by atoms with Crippen molar-refractivity contribution >= 4 is 30.8 Å². The van der Waals surface area contributed by atoms with E-state index in [-0.39, 0.29) is 30.8 Å². The number of nitrogens with one attached hydrogen (secondary N) is 2. The largest absolute Gasteiger partial charge is 0.465 e. The molecule has 0 spiro atoms. The fourth-order valence-corrected chi connectivity index (χ4v) is 2.12. The number of hydrogen-bond donors (Lipinski definition) is 2. The summed E-state index contributed by atoms with van der Waals surface area (Å²) >= 11 is 0. The number of rotatable bonds is 8. The molecule has 1 aromatic heterocycles. The van der Waals surface area contributed by atoms with Crippen molar-refractivity contribution in [2.24, 2.45) is 0 Å². The Kier molecular flexibility index (Phi) is 11.2. The fourth-order valence-electron chi connectivity index (χ4n) is 2.12. The third-order valence-electron chi connectivity index (χ3n) is 3.33. The van der Waals surface area contributed by atoms with Gasteiger partial charge >= 0.3 is 5.97 Å². The molecule has 24 heavy (non-hydrogen) atoms. The highest BCUT2D eigenvalue weighted by molar-refractivity contribution is 5.89. The average Bonchev–Trinajstić information content (AvgIpc) is 3.03. The molecule has 134 valence electrons. The summed E-state index contributed by atoms with van der Waals surface area (Å²) in [7, 11) is 3.32. The van der Waals surface area contributed by atoms with Crippen molar-refractivity contribution in [1.82, 2.24) is 10.6 Å². The van der Waals surface area contributed by atoms with Gasteiger partial charge < -0.3 is 19.8 Å². The normalized spacial score (nSPS) is 9.75. The maximum Gasteiger partial charge on any atom is 0.337 e. The van der Waals surface area contributed by atoms with Gasteiger partial charge in [-0.25, -0.2) is 4.79 Å². The third kappa shape index (κ3) is 6.53. The molecular weight excluding hydrogens is 351 g/mol. The van der Waals surface area contributed by atoms with Crippen LogP contribution in [0.4, 0.5) is 0 Å². The lowest BCUT2D eigenvalue weighted by atomic mass is 10.1. The second-order valence-electron chi connectivity index (χ2n) is 4.97. The molecule has 2 aromatic rings. The minimum Gasteiger partial charge on any atom is -0.465 e. The van der Waals surface area contributed by atoms with Gasteiger partial charge in [-0.05, 0) is 50.8 Å². The summed E-state index contributed by atoms with van der Waals surface area (Å²) in [6, 6.07) is 11.1. The molecule has 0 fully saturated rings. The first-order valence-corrected chi connectivity index (χ1v) is 7.37. The van der Waals surface area contributed by atoms with E-state index in [1.165, 1.54) is 7.11 Å². The van der Waals surface area contributed by atoms with Crippen LogP contribution in [0.5, 0.6) is 0 Å². The number of furan rings is 1. The van der Waals surface area contributed by atoms with Gasteiger partial charge in [-0.2, -0.15) is 0 Å². The first kappa shape index (κ1) is 22.5. The minimum atomic E-state index is -0.336. The Labute approximate surface area is 155 Å². The summed E-state index contributed by atoms with van der Waals surface area (Å²) in [6.07, 6.45) is 1.08. The van der Waals surface area contributed by atoms with Gasteiger partial charge in [-0.1, -0.05) is 12.1 Å². The molecule has 0 atom stereocenters. The van der Waals surface area contributed by atoms with Crippen LogP contribution in [-0.2, 0) is 11.3 Å². The lowest BCUT2D eigenvalue weighted by Crippen LogP contribution is -2.19. The van der Waals surface area contributed by atoms with Crippen LogP contribution >= 0.6 is 24.8 Å². The molecule has 0 bridgehead atoms. The number of methoxy groups -OCH3 is 1. The van der Waals surface area contributed by atoms with E-state index in [9.17, 15) is 4.79 Å². The standard InChI is InChI=1S/C17H22N2O3.2ClH/c1-18-10-3-11-19-12-15-8-9-16(22-15)13-4-6-14(7-5-13)17(20)21-2;;/h4-9,18-19H,3,10-12H2,1-2H3;2*1H. The smallest absolute Gasteiger partial charge is 0.337 e.